The fourth-order valence-electron chi connectivity index (χ4n) is 1.72. The summed E-state index contributed by atoms with van der Waals surface area (Å²) in [6.45, 7) is 0.860. The molecule has 1 heterocycles. The van der Waals surface area contributed by atoms with Crippen LogP contribution < -0.4 is 5.32 Å². The molecule has 0 bridgehead atoms. The Labute approximate surface area is 121 Å². The summed E-state index contributed by atoms with van der Waals surface area (Å²) in [4.78, 5) is 12.0. The SMILES string of the molecule is O=C(Nc1cc(Cl)ccc1C#CCO)C1COCCO1. The number of hydrogen-bond donors (Lipinski definition) is 2. The van der Waals surface area contributed by atoms with E-state index >= 15 is 0 Å². The van der Waals surface area contributed by atoms with E-state index in [4.69, 9.17) is 26.2 Å². The zero-order valence-corrected chi connectivity index (χ0v) is 11.4. The molecule has 0 aliphatic carbocycles. The lowest BCUT2D eigenvalue weighted by Crippen LogP contribution is -2.39. The molecule has 1 fully saturated rings. The molecule has 1 aliphatic heterocycles. The number of benzene rings is 1. The van der Waals surface area contributed by atoms with Crippen molar-refractivity contribution in [3.8, 4) is 11.8 Å². The van der Waals surface area contributed by atoms with Crippen LogP contribution in [0.3, 0.4) is 0 Å². The molecule has 6 heteroatoms. The van der Waals surface area contributed by atoms with Gasteiger partial charge in [0.2, 0.25) is 0 Å². The number of halogens is 1. The Bertz CT molecular complexity index is 544. The summed E-state index contributed by atoms with van der Waals surface area (Å²) in [5, 5.41) is 11.9. The predicted molar refractivity (Wildman–Crippen MR) is 74.6 cm³/mol. The largest absolute Gasteiger partial charge is 0.384 e. The Morgan fingerprint density at radius 1 is 1.50 bits per heavy atom. The third-order valence-corrected chi connectivity index (χ3v) is 2.89. The van der Waals surface area contributed by atoms with E-state index in [1.54, 1.807) is 18.2 Å². The monoisotopic (exact) mass is 295 g/mol. The smallest absolute Gasteiger partial charge is 0.255 e. The first-order valence-corrected chi connectivity index (χ1v) is 6.48. The van der Waals surface area contributed by atoms with E-state index in [1.807, 2.05) is 0 Å². The lowest BCUT2D eigenvalue weighted by molar-refractivity contribution is -0.142. The second-order valence-corrected chi connectivity index (χ2v) is 4.51. The average Bonchev–Trinajstić information content (AvgIpc) is 2.47. The molecular weight excluding hydrogens is 282 g/mol. The Kier molecular flexibility index (Phi) is 5.39. The van der Waals surface area contributed by atoms with E-state index in [1.165, 1.54) is 0 Å². The molecule has 1 unspecified atom stereocenters. The van der Waals surface area contributed by atoms with Crippen molar-refractivity contribution in [3.05, 3.63) is 28.8 Å². The van der Waals surface area contributed by atoms with Gasteiger partial charge in [0.15, 0.2) is 6.10 Å². The fraction of sp³-hybridized carbons (Fsp3) is 0.357. The highest BCUT2D eigenvalue weighted by Gasteiger charge is 2.23. The Morgan fingerprint density at radius 3 is 3.05 bits per heavy atom. The van der Waals surface area contributed by atoms with Crippen molar-refractivity contribution in [2.45, 2.75) is 6.10 Å². The van der Waals surface area contributed by atoms with Gasteiger partial charge in [0.1, 0.15) is 6.61 Å². The molecule has 1 aliphatic rings. The van der Waals surface area contributed by atoms with Crippen LogP contribution in [0, 0.1) is 11.8 Å². The minimum absolute atomic E-state index is 0.226. The first-order chi connectivity index (χ1) is 9.70. The topological polar surface area (TPSA) is 67.8 Å². The van der Waals surface area contributed by atoms with Crippen molar-refractivity contribution < 1.29 is 19.4 Å². The first-order valence-electron chi connectivity index (χ1n) is 6.10. The molecule has 2 rings (SSSR count). The maximum absolute atomic E-state index is 12.0. The number of amides is 1. The molecule has 0 radical (unpaired) electrons. The van der Waals surface area contributed by atoms with E-state index in [0.717, 1.165) is 0 Å². The molecule has 1 saturated heterocycles. The van der Waals surface area contributed by atoms with Gasteiger partial charge in [0.25, 0.3) is 5.91 Å². The number of ether oxygens (including phenoxy) is 2. The van der Waals surface area contributed by atoms with Gasteiger partial charge in [0.05, 0.1) is 25.5 Å². The van der Waals surface area contributed by atoms with Gasteiger partial charge in [-0.2, -0.15) is 0 Å². The molecule has 0 aromatic heterocycles. The predicted octanol–water partition coefficient (Wildman–Crippen LogP) is 1.04. The highest BCUT2D eigenvalue weighted by molar-refractivity contribution is 6.31. The minimum Gasteiger partial charge on any atom is -0.384 e. The third-order valence-electron chi connectivity index (χ3n) is 2.65. The van der Waals surface area contributed by atoms with Gasteiger partial charge in [-0.1, -0.05) is 23.4 Å². The fourth-order valence-corrected chi connectivity index (χ4v) is 1.89. The standard InChI is InChI=1S/C14H14ClNO4/c15-11-4-3-10(2-1-5-17)12(8-11)16-14(18)13-9-19-6-7-20-13/h3-4,8,13,17H,5-7,9H2,(H,16,18). The summed E-state index contributed by atoms with van der Waals surface area (Å²) in [6, 6.07) is 4.95. The maximum atomic E-state index is 12.0. The van der Waals surface area contributed by atoms with Crippen LogP contribution in [0.2, 0.25) is 5.02 Å². The Morgan fingerprint density at radius 2 is 2.35 bits per heavy atom. The molecule has 0 saturated carbocycles. The van der Waals surface area contributed by atoms with Crippen molar-refractivity contribution in [1.29, 1.82) is 0 Å². The first kappa shape index (κ1) is 14.8. The average molecular weight is 296 g/mol. The highest BCUT2D eigenvalue weighted by Crippen LogP contribution is 2.21. The molecular formula is C14H14ClNO4. The molecule has 1 amide bonds. The summed E-state index contributed by atoms with van der Waals surface area (Å²) in [7, 11) is 0. The minimum atomic E-state index is -0.638. The van der Waals surface area contributed by atoms with Gasteiger partial charge >= 0.3 is 0 Å². The second kappa shape index (κ2) is 7.27. The van der Waals surface area contributed by atoms with Crippen molar-refractivity contribution >= 4 is 23.2 Å². The maximum Gasteiger partial charge on any atom is 0.255 e. The number of aliphatic hydroxyl groups excluding tert-OH is 1. The molecule has 106 valence electrons. The quantitative estimate of drug-likeness (QED) is 0.800. The summed E-state index contributed by atoms with van der Waals surface area (Å²) in [6.07, 6.45) is -0.638. The van der Waals surface area contributed by atoms with E-state index < -0.39 is 6.10 Å². The van der Waals surface area contributed by atoms with Gasteiger partial charge < -0.3 is 19.9 Å². The van der Waals surface area contributed by atoms with Crippen LogP contribution in [0.25, 0.3) is 0 Å². The number of anilines is 1. The van der Waals surface area contributed by atoms with Gasteiger partial charge in [-0.15, -0.1) is 0 Å². The van der Waals surface area contributed by atoms with Gasteiger partial charge in [0, 0.05) is 10.6 Å². The molecule has 1 aromatic rings. The summed E-state index contributed by atoms with van der Waals surface area (Å²) in [5.41, 5.74) is 1.06. The second-order valence-electron chi connectivity index (χ2n) is 4.07. The van der Waals surface area contributed by atoms with Crippen LogP contribution in [0.1, 0.15) is 5.56 Å². The van der Waals surface area contributed by atoms with Crippen molar-refractivity contribution in [3.63, 3.8) is 0 Å². The van der Waals surface area contributed by atoms with Gasteiger partial charge in [-0.3, -0.25) is 4.79 Å². The number of rotatable bonds is 2. The summed E-state index contributed by atoms with van der Waals surface area (Å²) >= 11 is 5.92. The van der Waals surface area contributed by atoms with Crippen molar-refractivity contribution in [2.24, 2.45) is 0 Å². The molecule has 0 spiro atoms. The van der Waals surface area contributed by atoms with E-state index in [2.05, 4.69) is 17.2 Å². The van der Waals surface area contributed by atoms with Crippen molar-refractivity contribution in [1.82, 2.24) is 0 Å². The normalized spacial score (nSPS) is 18.0. The third kappa shape index (κ3) is 3.95. The lowest BCUT2D eigenvalue weighted by Gasteiger charge is -2.22. The Hall–Kier alpha value is -1.58. The van der Waals surface area contributed by atoms with E-state index in [-0.39, 0.29) is 19.1 Å². The molecule has 2 N–H and O–H groups in total. The highest BCUT2D eigenvalue weighted by atomic mass is 35.5. The van der Waals surface area contributed by atoms with E-state index in [0.29, 0.717) is 29.5 Å². The number of carbonyl (C=O) groups excluding carboxylic acids is 1. The van der Waals surface area contributed by atoms with Crippen LogP contribution >= 0.6 is 11.6 Å². The van der Waals surface area contributed by atoms with E-state index in [9.17, 15) is 4.79 Å². The van der Waals surface area contributed by atoms with Gasteiger partial charge in [-0.25, -0.2) is 0 Å². The van der Waals surface area contributed by atoms with Crippen LogP contribution in [-0.2, 0) is 14.3 Å². The number of nitrogens with one attached hydrogen (secondary N) is 1. The van der Waals surface area contributed by atoms with Crippen molar-refractivity contribution in [2.75, 3.05) is 31.7 Å². The molecule has 5 nitrogen and oxygen atoms in total. The lowest BCUT2D eigenvalue weighted by atomic mass is 10.1. The van der Waals surface area contributed by atoms with Crippen LogP contribution in [0.4, 0.5) is 5.69 Å². The molecule has 1 aromatic carbocycles. The zero-order valence-electron chi connectivity index (χ0n) is 10.7. The summed E-state index contributed by atoms with van der Waals surface area (Å²) in [5.74, 6) is 4.98. The van der Waals surface area contributed by atoms with Crippen LogP contribution in [0.15, 0.2) is 18.2 Å². The van der Waals surface area contributed by atoms with Crippen LogP contribution in [0.5, 0.6) is 0 Å². The number of hydrogen-bond acceptors (Lipinski definition) is 4. The summed E-state index contributed by atoms with van der Waals surface area (Å²) < 4.78 is 10.5. The molecule has 1 atom stereocenters. The van der Waals surface area contributed by atoms with Crippen LogP contribution in [-0.4, -0.2) is 43.5 Å². The molecule has 20 heavy (non-hydrogen) atoms. The zero-order chi connectivity index (χ0) is 14.4. The Balaban J connectivity index is 2.14. The number of aliphatic hydroxyl groups is 1. The van der Waals surface area contributed by atoms with Gasteiger partial charge in [-0.05, 0) is 18.2 Å². The number of carbonyl (C=O) groups is 1.